The van der Waals surface area contributed by atoms with Gasteiger partial charge in [-0.2, -0.15) is 9.97 Å². The van der Waals surface area contributed by atoms with Gasteiger partial charge in [-0.25, -0.2) is 0 Å². The molecule has 2 heterocycles. The summed E-state index contributed by atoms with van der Waals surface area (Å²) in [5, 5.41) is 2.86. The van der Waals surface area contributed by atoms with Crippen LogP contribution in [0.5, 0.6) is 12.0 Å². The first kappa shape index (κ1) is 12.8. The summed E-state index contributed by atoms with van der Waals surface area (Å²) >= 11 is 0. The van der Waals surface area contributed by atoms with Crippen LogP contribution in [0.15, 0.2) is 0 Å². The highest BCUT2D eigenvalue weighted by Gasteiger charge is 2.19. The molecular formula is C11H18N4O3. The summed E-state index contributed by atoms with van der Waals surface area (Å²) in [7, 11) is 1.74. The largest absolute Gasteiger partial charge is 0.463 e. The molecule has 1 fully saturated rings. The zero-order chi connectivity index (χ0) is 12.8. The molecule has 1 aromatic heterocycles. The van der Waals surface area contributed by atoms with Gasteiger partial charge in [0.1, 0.15) is 6.10 Å². The van der Waals surface area contributed by atoms with E-state index in [9.17, 15) is 0 Å². The highest BCUT2D eigenvalue weighted by molar-refractivity contribution is 5.26. The summed E-state index contributed by atoms with van der Waals surface area (Å²) in [5.74, 6) is 0.435. The molecule has 0 aromatic carbocycles. The van der Waals surface area contributed by atoms with Crippen molar-refractivity contribution in [3.05, 3.63) is 0 Å². The maximum Gasteiger partial charge on any atom is 0.324 e. The molecule has 0 amide bonds. The van der Waals surface area contributed by atoms with E-state index in [1.165, 1.54) is 0 Å². The third-order valence-electron chi connectivity index (χ3n) is 2.41. The van der Waals surface area contributed by atoms with Crippen molar-refractivity contribution < 1.29 is 14.2 Å². The van der Waals surface area contributed by atoms with Gasteiger partial charge < -0.3 is 19.5 Å². The lowest BCUT2D eigenvalue weighted by Gasteiger charge is -2.11. The molecule has 2 rings (SSSR count). The summed E-state index contributed by atoms with van der Waals surface area (Å²) in [6, 6.07) is 0.557. The number of hydrogen-bond acceptors (Lipinski definition) is 7. The molecular weight excluding hydrogens is 236 g/mol. The number of ether oxygens (including phenoxy) is 3. The molecule has 1 unspecified atom stereocenters. The minimum atomic E-state index is 0.0103. The van der Waals surface area contributed by atoms with E-state index in [0.29, 0.717) is 25.8 Å². The standard InChI is InChI=1S/C11H18N4O3/c1-3-5-17-10-13-9(12-2)14-11(15-10)18-8-4-6-16-7-8/h8H,3-7H2,1-2H3,(H,12,13,14,15). The highest BCUT2D eigenvalue weighted by atomic mass is 16.6. The van der Waals surface area contributed by atoms with Crippen molar-refractivity contribution >= 4 is 5.95 Å². The fraction of sp³-hybridized carbons (Fsp3) is 0.727. The van der Waals surface area contributed by atoms with Gasteiger partial charge in [0.05, 0.1) is 19.8 Å². The number of aromatic nitrogens is 3. The molecule has 100 valence electrons. The molecule has 18 heavy (non-hydrogen) atoms. The van der Waals surface area contributed by atoms with E-state index < -0.39 is 0 Å². The molecule has 1 aliphatic heterocycles. The van der Waals surface area contributed by atoms with Crippen LogP contribution in [0.3, 0.4) is 0 Å². The smallest absolute Gasteiger partial charge is 0.324 e. The van der Waals surface area contributed by atoms with Crippen molar-refractivity contribution in [2.24, 2.45) is 0 Å². The van der Waals surface area contributed by atoms with Gasteiger partial charge in [0.15, 0.2) is 0 Å². The van der Waals surface area contributed by atoms with Gasteiger partial charge in [0.2, 0.25) is 5.95 Å². The van der Waals surface area contributed by atoms with Crippen molar-refractivity contribution in [1.29, 1.82) is 0 Å². The topological polar surface area (TPSA) is 78.4 Å². The maximum atomic E-state index is 5.63. The van der Waals surface area contributed by atoms with E-state index in [2.05, 4.69) is 20.3 Å². The van der Waals surface area contributed by atoms with Crippen molar-refractivity contribution in [3.8, 4) is 12.0 Å². The minimum absolute atomic E-state index is 0.0103. The van der Waals surface area contributed by atoms with Crippen LogP contribution in [-0.4, -0.2) is 47.9 Å². The van der Waals surface area contributed by atoms with Gasteiger partial charge in [-0.15, -0.1) is 4.98 Å². The van der Waals surface area contributed by atoms with Crippen LogP contribution in [0.1, 0.15) is 19.8 Å². The average molecular weight is 254 g/mol. The zero-order valence-electron chi connectivity index (χ0n) is 10.7. The molecule has 0 saturated carbocycles. The van der Waals surface area contributed by atoms with E-state index >= 15 is 0 Å². The average Bonchev–Trinajstić information content (AvgIpc) is 2.89. The third-order valence-corrected chi connectivity index (χ3v) is 2.41. The number of hydrogen-bond donors (Lipinski definition) is 1. The SMILES string of the molecule is CCCOc1nc(NC)nc(OC2CCOC2)n1. The van der Waals surface area contributed by atoms with Crippen LogP contribution in [0.25, 0.3) is 0 Å². The summed E-state index contributed by atoms with van der Waals surface area (Å²) in [6.07, 6.45) is 1.76. The first-order chi connectivity index (χ1) is 8.81. The second-order valence-electron chi connectivity index (χ2n) is 3.93. The molecule has 1 aliphatic rings. The Morgan fingerprint density at radius 3 is 2.83 bits per heavy atom. The van der Waals surface area contributed by atoms with Crippen LogP contribution < -0.4 is 14.8 Å². The van der Waals surface area contributed by atoms with Gasteiger partial charge in [-0.05, 0) is 6.42 Å². The number of anilines is 1. The molecule has 1 aromatic rings. The predicted octanol–water partition coefficient (Wildman–Crippen LogP) is 0.870. The number of nitrogens with one attached hydrogen (secondary N) is 1. The van der Waals surface area contributed by atoms with E-state index in [1.807, 2.05) is 6.92 Å². The van der Waals surface area contributed by atoms with Crippen molar-refractivity contribution in [1.82, 2.24) is 15.0 Å². The summed E-state index contributed by atoms with van der Waals surface area (Å²) in [5.41, 5.74) is 0. The lowest BCUT2D eigenvalue weighted by Crippen LogP contribution is -2.18. The summed E-state index contributed by atoms with van der Waals surface area (Å²) in [4.78, 5) is 12.3. The molecule has 7 nitrogen and oxygen atoms in total. The molecule has 0 radical (unpaired) electrons. The zero-order valence-corrected chi connectivity index (χ0v) is 10.7. The molecule has 1 saturated heterocycles. The van der Waals surface area contributed by atoms with E-state index in [-0.39, 0.29) is 18.1 Å². The van der Waals surface area contributed by atoms with Gasteiger partial charge in [-0.3, -0.25) is 0 Å². The molecule has 7 heteroatoms. The first-order valence-corrected chi connectivity index (χ1v) is 6.13. The van der Waals surface area contributed by atoms with E-state index in [1.54, 1.807) is 7.05 Å². The molecule has 0 aliphatic carbocycles. The predicted molar refractivity (Wildman–Crippen MR) is 65.0 cm³/mol. The lowest BCUT2D eigenvalue weighted by molar-refractivity contribution is 0.132. The Morgan fingerprint density at radius 2 is 2.17 bits per heavy atom. The fourth-order valence-electron chi connectivity index (χ4n) is 1.52. The summed E-state index contributed by atoms with van der Waals surface area (Å²) < 4.78 is 16.3. The Hall–Kier alpha value is -1.63. The first-order valence-electron chi connectivity index (χ1n) is 6.13. The normalized spacial score (nSPS) is 18.7. The molecule has 1 atom stereocenters. The quantitative estimate of drug-likeness (QED) is 0.806. The molecule has 0 spiro atoms. The Morgan fingerprint density at radius 1 is 1.33 bits per heavy atom. The van der Waals surface area contributed by atoms with Crippen molar-refractivity contribution in [2.75, 3.05) is 32.2 Å². The van der Waals surface area contributed by atoms with Crippen LogP contribution in [0.4, 0.5) is 5.95 Å². The number of rotatable bonds is 6. The number of nitrogens with zero attached hydrogens (tertiary/aromatic N) is 3. The Kier molecular flexibility index (Phi) is 4.52. The second-order valence-corrected chi connectivity index (χ2v) is 3.93. The monoisotopic (exact) mass is 254 g/mol. The molecule has 0 bridgehead atoms. The van der Waals surface area contributed by atoms with Crippen LogP contribution in [0, 0.1) is 0 Å². The Balaban J connectivity index is 2.06. The lowest BCUT2D eigenvalue weighted by atomic mass is 10.3. The van der Waals surface area contributed by atoms with Crippen molar-refractivity contribution in [2.45, 2.75) is 25.9 Å². The fourth-order valence-corrected chi connectivity index (χ4v) is 1.52. The molecule has 1 N–H and O–H groups in total. The van der Waals surface area contributed by atoms with Gasteiger partial charge >= 0.3 is 12.0 Å². The third kappa shape index (κ3) is 3.43. The van der Waals surface area contributed by atoms with Gasteiger partial charge in [0.25, 0.3) is 0 Å². The van der Waals surface area contributed by atoms with Gasteiger partial charge in [0, 0.05) is 13.5 Å². The minimum Gasteiger partial charge on any atom is -0.463 e. The van der Waals surface area contributed by atoms with Gasteiger partial charge in [-0.1, -0.05) is 6.92 Å². The maximum absolute atomic E-state index is 5.63. The highest BCUT2D eigenvalue weighted by Crippen LogP contribution is 2.16. The van der Waals surface area contributed by atoms with E-state index in [0.717, 1.165) is 12.8 Å². The Bertz CT molecular complexity index is 383. The Labute approximate surface area is 106 Å². The van der Waals surface area contributed by atoms with E-state index in [4.69, 9.17) is 14.2 Å². The van der Waals surface area contributed by atoms with Crippen molar-refractivity contribution in [3.63, 3.8) is 0 Å². The second kappa shape index (κ2) is 6.34. The van der Waals surface area contributed by atoms with Crippen LogP contribution >= 0.6 is 0 Å². The van der Waals surface area contributed by atoms with Crippen LogP contribution in [-0.2, 0) is 4.74 Å². The van der Waals surface area contributed by atoms with Crippen LogP contribution in [0.2, 0.25) is 0 Å². The summed E-state index contributed by atoms with van der Waals surface area (Å²) in [6.45, 7) is 3.88.